The van der Waals surface area contributed by atoms with Crippen molar-refractivity contribution in [2.75, 3.05) is 0 Å². The van der Waals surface area contributed by atoms with Gasteiger partial charge in [-0.15, -0.1) is 6.42 Å². The Morgan fingerprint density at radius 1 is 1.33 bits per heavy atom. The third-order valence-electron chi connectivity index (χ3n) is 1.07. The number of hydrogen-bond donors (Lipinski definition) is 0. The van der Waals surface area contributed by atoms with E-state index in [1.54, 1.807) is 24.3 Å². The van der Waals surface area contributed by atoms with Crippen LogP contribution in [0.4, 0.5) is 0 Å². The summed E-state index contributed by atoms with van der Waals surface area (Å²) in [5, 5.41) is 0. The van der Waals surface area contributed by atoms with Gasteiger partial charge in [0.05, 0.1) is 0 Å². The molecule has 0 aromatic heterocycles. The molecule has 2 nitrogen and oxygen atoms in total. The number of carbonyl (C=O) groups is 1. The zero-order valence-electron chi connectivity index (χ0n) is 6.08. The van der Waals surface area contributed by atoms with Crippen molar-refractivity contribution in [3.63, 3.8) is 0 Å². The van der Waals surface area contributed by atoms with Gasteiger partial charge in [-0.3, -0.25) is 0 Å². The smallest absolute Gasteiger partial charge is 0.389 e. The van der Waals surface area contributed by atoms with Crippen molar-refractivity contribution < 1.29 is 31.9 Å². The molecule has 12 heavy (non-hydrogen) atoms. The minimum atomic E-state index is -0.670. The van der Waals surface area contributed by atoms with Crippen LogP contribution in [0.3, 0.4) is 0 Å². The van der Waals surface area contributed by atoms with E-state index in [-0.39, 0.29) is 22.4 Å². The van der Waals surface area contributed by atoms with Gasteiger partial charge in [0.25, 0.3) is 0 Å². The Balaban J connectivity index is 0.00000121. The summed E-state index contributed by atoms with van der Waals surface area (Å²) in [4.78, 5) is 10.5. The Hall–Kier alpha value is -1.01. The molecule has 65 valence electrons. The fraction of sp³-hybridized carbons (Fsp3) is 0. The predicted octanol–water partition coefficient (Wildman–Crippen LogP) is 1.22. The van der Waals surface area contributed by atoms with Gasteiger partial charge in [-0.1, -0.05) is 18.2 Å². The largest absolute Gasteiger partial charge is 0.417 e. The minimum Gasteiger partial charge on any atom is -0.417 e. The molecule has 1 aromatic carbocycles. The summed E-state index contributed by atoms with van der Waals surface area (Å²) >= 11 is 0. The Labute approximate surface area is 86.4 Å². The van der Waals surface area contributed by atoms with Crippen molar-refractivity contribution in [1.29, 1.82) is 0 Å². The van der Waals surface area contributed by atoms with Crippen molar-refractivity contribution in [2.24, 2.45) is 0 Å². The van der Waals surface area contributed by atoms with Crippen molar-refractivity contribution in [3.05, 3.63) is 30.3 Å². The third kappa shape index (κ3) is 3.40. The fourth-order valence-electron chi connectivity index (χ4n) is 0.625. The number of esters is 1. The van der Waals surface area contributed by atoms with Gasteiger partial charge in [-0.05, 0) is 12.1 Å². The van der Waals surface area contributed by atoms with E-state index >= 15 is 0 Å². The molecular weight excluding hydrogens is 248 g/mol. The van der Waals surface area contributed by atoms with Crippen LogP contribution in [0.25, 0.3) is 0 Å². The summed E-state index contributed by atoms with van der Waals surface area (Å²) in [5.41, 5.74) is 0. The molecule has 0 atom stereocenters. The van der Waals surface area contributed by atoms with Gasteiger partial charge in [0, 0.05) is 28.3 Å². The molecule has 0 heterocycles. The van der Waals surface area contributed by atoms with Crippen LogP contribution >= 0.6 is 0 Å². The monoisotopic (exact) mass is 253 g/mol. The molecule has 0 spiro atoms. The van der Waals surface area contributed by atoms with Gasteiger partial charge in [0.15, 0.2) is 0 Å². The summed E-state index contributed by atoms with van der Waals surface area (Å²) < 4.78 is 4.69. The van der Waals surface area contributed by atoms with Gasteiger partial charge < -0.3 is 4.74 Å². The maximum atomic E-state index is 10.5. The molecule has 0 N–H and O–H groups in total. The molecule has 0 amide bonds. The second kappa shape index (κ2) is 5.62. The van der Waals surface area contributed by atoms with Crippen LogP contribution in [-0.4, -0.2) is 5.97 Å². The molecule has 0 aliphatic rings. The third-order valence-corrected chi connectivity index (χ3v) is 1.07. The van der Waals surface area contributed by atoms with Gasteiger partial charge in [-0.2, -0.15) is 0 Å². The van der Waals surface area contributed by atoms with E-state index in [1.165, 1.54) is 0 Å². The van der Waals surface area contributed by atoms with Gasteiger partial charge in [-0.25, -0.2) is 4.79 Å². The van der Waals surface area contributed by atoms with Crippen LogP contribution < -0.4 is 4.74 Å². The summed E-state index contributed by atoms with van der Waals surface area (Å²) in [6.45, 7) is 0. The first kappa shape index (κ1) is 11.0. The van der Waals surface area contributed by atoms with E-state index in [2.05, 4.69) is 4.74 Å². The molecule has 0 aliphatic heterocycles. The molecule has 0 saturated carbocycles. The molecule has 3 heteroatoms. The Morgan fingerprint density at radius 2 is 1.92 bits per heavy atom. The maximum absolute atomic E-state index is 10.5. The standard InChI is InChI=1S/C9H6O2.Ag/c1-2-9(10)11-8-6-4-3-5-7-8;/h1,3-7H;. The summed E-state index contributed by atoms with van der Waals surface area (Å²) in [6, 6.07) is 8.68. The molecule has 0 aliphatic carbocycles. The van der Waals surface area contributed by atoms with Crippen molar-refractivity contribution in [1.82, 2.24) is 0 Å². The zero-order valence-corrected chi connectivity index (χ0v) is 7.56. The first-order valence-corrected chi connectivity index (χ1v) is 3.06. The Kier molecular flexibility index (Phi) is 5.14. The van der Waals surface area contributed by atoms with Crippen LogP contribution in [0.2, 0.25) is 0 Å². The Bertz CT molecular complexity index is 287. The summed E-state index contributed by atoms with van der Waals surface area (Å²) in [6.07, 6.45) is 4.80. The average Bonchev–Trinajstić information content (AvgIpc) is 2.06. The maximum Gasteiger partial charge on any atom is 0.389 e. The number of benzene rings is 1. The predicted molar refractivity (Wildman–Crippen MR) is 40.9 cm³/mol. The molecule has 1 aromatic rings. The van der Waals surface area contributed by atoms with Gasteiger partial charge >= 0.3 is 5.97 Å². The van der Waals surface area contributed by atoms with Gasteiger partial charge in [0.2, 0.25) is 0 Å². The molecule has 0 saturated heterocycles. The van der Waals surface area contributed by atoms with Gasteiger partial charge in [0.1, 0.15) is 5.75 Å². The van der Waals surface area contributed by atoms with E-state index < -0.39 is 5.97 Å². The normalized spacial score (nSPS) is 7.58. The second-order valence-corrected chi connectivity index (χ2v) is 1.85. The number of terminal acetylenes is 1. The topological polar surface area (TPSA) is 26.3 Å². The SMILES string of the molecule is C#CC(=O)Oc1ccccc1.[Ag]. The molecule has 1 radical (unpaired) electrons. The second-order valence-electron chi connectivity index (χ2n) is 1.85. The minimum absolute atomic E-state index is 0. The van der Waals surface area contributed by atoms with E-state index in [1.807, 2.05) is 12.0 Å². The number of rotatable bonds is 1. The molecule has 0 unspecified atom stereocenters. The number of ether oxygens (including phenoxy) is 1. The van der Waals surface area contributed by atoms with E-state index in [4.69, 9.17) is 6.42 Å². The van der Waals surface area contributed by atoms with E-state index in [0.717, 1.165) is 0 Å². The van der Waals surface area contributed by atoms with Crippen molar-refractivity contribution in [3.8, 4) is 18.1 Å². The van der Waals surface area contributed by atoms with E-state index in [0.29, 0.717) is 5.75 Å². The van der Waals surface area contributed by atoms with E-state index in [9.17, 15) is 4.79 Å². The summed E-state index contributed by atoms with van der Waals surface area (Å²) in [5.74, 6) is 1.65. The van der Waals surface area contributed by atoms with Crippen LogP contribution in [0.15, 0.2) is 30.3 Å². The number of carbonyl (C=O) groups excluding carboxylic acids is 1. The van der Waals surface area contributed by atoms with Crippen LogP contribution in [-0.2, 0) is 27.2 Å². The average molecular weight is 254 g/mol. The molecular formula is C9H6AgO2. The first-order chi connectivity index (χ1) is 5.33. The zero-order chi connectivity index (χ0) is 8.10. The van der Waals surface area contributed by atoms with Crippen molar-refractivity contribution >= 4 is 5.97 Å². The number of hydrogen-bond acceptors (Lipinski definition) is 2. The molecule has 1 rings (SSSR count). The first-order valence-electron chi connectivity index (χ1n) is 3.06. The van der Waals surface area contributed by atoms with Crippen LogP contribution in [0, 0.1) is 12.3 Å². The van der Waals surface area contributed by atoms with Crippen molar-refractivity contribution in [2.45, 2.75) is 0 Å². The fourth-order valence-corrected chi connectivity index (χ4v) is 0.625. The quantitative estimate of drug-likeness (QED) is 0.247. The number of para-hydroxylation sites is 1. The Morgan fingerprint density at radius 3 is 2.42 bits per heavy atom. The van der Waals surface area contributed by atoms with Crippen LogP contribution in [0.5, 0.6) is 5.75 Å². The van der Waals surface area contributed by atoms with Crippen LogP contribution in [0.1, 0.15) is 0 Å². The molecule has 0 fully saturated rings. The molecule has 0 bridgehead atoms. The summed E-state index contributed by atoms with van der Waals surface area (Å²) in [7, 11) is 0.